The Morgan fingerprint density at radius 3 is 2.55 bits per heavy atom. The molecule has 1 atom stereocenters. The summed E-state index contributed by atoms with van der Waals surface area (Å²) in [6.45, 7) is 1.81. The molecule has 0 heterocycles. The molecule has 0 bridgehead atoms. The Morgan fingerprint density at radius 1 is 1.36 bits per heavy atom. The van der Waals surface area contributed by atoms with Crippen LogP contribution in [0.2, 0.25) is 10.0 Å². The van der Waals surface area contributed by atoms with Crippen LogP contribution in [-0.2, 0) is 16.0 Å². The van der Waals surface area contributed by atoms with Gasteiger partial charge in [0.25, 0.3) is 0 Å². The van der Waals surface area contributed by atoms with E-state index in [0.29, 0.717) is 16.5 Å². The Labute approximate surface area is 139 Å². The van der Waals surface area contributed by atoms with Gasteiger partial charge in [-0.2, -0.15) is 0 Å². The minimum Gasteiger partial charge on any atom is -0.481 e. The van der Waals surface area contributed by atoms with Crippen molar-refractivity contribution in [2.75, 3.05) is 0 Å². The van der Waals surface area contributed by atoms with Gasteiger partial charge in [0.15, 0.2) is 0 Å². The fourth-order valence-corrected chi connectivity index (χ4v) is 3.22. The van der Waals surface area contributed by atoms with Crippen molar-refractivity contribution in [2.45, 2.75) is 44.6 Å². The van der Waals surface area contributed by atoms with Crippen LogP contribution >= 0.6 is 23.2 Å². The highest BCUT2D eigenvalue weighted by Gasteiger charge is 2.40. The first-order valence-electron chi connectivity index (χ1n) is 7.29. The monoisotopic (exact) mass is 343 g/mol. The Bertz CT molecular complexity index is 585. The highest BCUT2D eigenvalue weighted by atomic mass is 35.5. The van der Waals surface area contributed by atoms with E-state index in [1.807, 2.05) is 13.0 Å². The van der Waals surface area contributed by atoms with Crippen molar-refractivity contribution in [2.24, 2.45) is 5.92 Å². The number of hydrogen-bond acceptors (Lipinski definition) is 2. The van der Waals surface area contributed by atoms with Gasteiger partial charge >= 0.3 is 5.97 Å². The lowest BCUT2D eigenvalue weighted by atomic mass is 9.74. The Hall–Kier alpha value is -1.26. The molecule has 1 fully saturated rings. The standard InChI is InChI=1S/C16H19Cl2NO3/c1-10(7-11-3-4-12(17)8-13(11)18)15(22)19-16(5-2-6-16)9-14(20)21/h3-4,8,10H,2,5-7,9H2,1H3,(H,19,22)(H,20,21). The molecular weight excluding hydrogens is 325 g/mol. The average Bonchev–Trinajstić information content (AvgIpc) is 2.38. The summed E-state index contributed by atoms with van der Waals surface area (Å²) >= 11 is 12.0. The van der Waals surface area contributed by atoms with Gasteiger partial charge < -0.3 is 10.4 Å². The molecular formula is C16H19Cl2NO3. The van der Waals surface area contributed by atoms with E-state index in [9.17, 15) is 9.59 Å². The molecule has 4 nitrogen and oxygen atoms in total. The maximum atomic E-state index is 12.3. The second kappa shape index (κ2) is 6.88. The van der Waals surface area contributed by atoms with Gasteiger partial charge in [-0.25, -0.2) is 0 Å². The molecule has 1 aromatic carbocycles. The van der Waals surface area contributed by atoms with Crippen LogP contribution in [0.3, 0.4) is 0 Å². The number of amides is 1. The van der Waals surface area contributed by atoms with Crippen molar-refractivity contribution in [3.63, 3.8) is 0 Å². The van der Waals surface area contributed by atoms with Crippen LogP contribution in [0.15, 0.2) is 18.2 Å². The topological polar surface area (TPSA) is 66.4 Å². The first kappa shape index (κ1) is 17.1. The number of aliphatic carboxylic acids is 1. The SMILES string of the molecule is CC(Cc1ccc(Cl)cc1Cl)C(=O)NC1(CC(=O)O)CCC1. The predicted octanol–water partition coefficient (Wildman–Crippen LogP) is 3.69. The zero-order chi connectivity index (χ0) is 16.3. The highest BCUT2D eigenvalue weighted by Crippen LogP contribution is 2.35. The van der Waals surface area contributed by atoms with Crippen LogP contribution in [0.1, 0.15) is 38.2 Å². The summed E-state index contributed by atoms with van der Waals surface area (Å²) in [6, 6.07) is 5.21. The third-order valence-electron chi connectivity index (χ3n) is 4.18. The van der Waals surface area contributed by atoms with E-state index in [2.05, 4.69) is 5.32 Å². The third kappa shape index (κ3) is 4.14. The molecule has 2 rings (SSSR count). The Balaban J connectivity index is 1.98. The maximum Gasteiger partial charge on any atom is 0.305 e. The molecule has 0 aliphatic heterocycles. The molecule has 1 saturated carbocycles. The summed E-state index contributed by atoms with van der Waals surface area (Å²) in [5.74, 6) is -1.30. The van der Waals surface area contributed by atoms with Crippen molar-refractivity contribution in [3.05, 3.63) is 33.8 Å². The Morgan fingerprint density at radius 2 is 2.05 bits per heavy atom. The second-order valence-corrected chi connectivity index (χ2v) is 6.88. The van der Waals surface area contributed by atoms with E-state index in [1.165, 1.54) is 0 Å². The molecule has 0 radical (unpaired) electrons. The lowest BCUT2D eigenvalue weighted by Gasteiger charge is -2.42. The van der Waals surface area contributed by atoms with E-state index in [4.69, 9.17) is 28.3 Å². The van der Waals surface area contributed by atoms with Gasteiger partial charge in [-0.1, -0.05) is 36.2 Å². The summed E-state index contributed by atoms with van der Waals surface area (Å²) in [6.07, 6.45) is 2.86. The van der Waals surface area contributed by atoms with Gasteiger partial charge in [0.05, 0.1) is 12.0 Å². The normalized spacial score (nSPS) is 17.4. The number of carboxylic acid groups (broad SMARTS) is 1. The lowest BCUT2D eigenvalue weighted by molar-refractivity contribution is -0.140. The molecule has 1 aromatic rings. The van der Waals surface area contributed by atoms with Crippen molar-refractivity contribution in [1.82, 2.24) is 5.32 Å². The average molecular weight is 344 g/mol. The molecule has 120 valence electrons. The van der Waals surface area contributed by atoms with Crippen LogP contribution in [-0.4, -0.2) is 22.5 Å². The minimum absolute atomic E-state index is 0.0207. The molecule has 1 aliphatic rings. The molecule has 6 heteroatoms. The van der Waals surface area contributed by atoms with Gasteiger partial charge in [-0.05, 0) is 43.4 Å². The summed E-state index contributed by atoms with van der Waals surface area (Å²) in [4.78, 5) is 23.3. The number of carboxylic acids is 1. The first-order valence-corrected chi connectivity index (χ1v) is 8.05. The van der Waals surface area contributed by atoms with Crippen LogP contribution in [0.5, 0.6) is 0 Å². The summed E-state index contributed by atoms with van der Waals surface area (Å²) in [7, 11) is 0. The van der Waals surface area contributed by atoms with Gasteiger partial charge in [-0.3, -0.25) is 9.59 Å². The van der Waals surface area contributed by atoms with Crippen molar-refractivity contribution in [1.29, 1.82) is 0 Å². The van der Waals surface area contributed by atoms with Gasteiger partial charge in [-0.15, -0.1) is 0 Å². The maximum absolute atomic E-state index is 12.3. The van der Waals surface area contributed by atoms with E-state index in [0.717, 1.165) is 24.8 Å². The van der Waals surface area contributed by atoms with Crippen LogP contribution < -0.4 is 5.32 Å². The summed E-state index contributed by atoms with van der Waals surface area (Å²) in [5.41, 5.74) is 0.288. The van der Waals surface area contributed by atoms with Crippen LogP contribution in [0.25, 0.3) is 0 Å². The smallest absolute Gasteiger partial charge is 0.305 e. The highest BCUT2D eigenvalue weighted by molar-refractivity contribution is 6.35. The zero-order valence-corrected chi connectivity index (χ0v) is 13.9. The van der Waals surface area contributed by atoms with Crippen LogP contribution in [0.4, 0.5) is 0 Å². The lowest BCUT2D eigenvalue weighted by Crippen LogP contribution is -2.56. The van der Waals surface area contributed by atoms with E-state index < -0.39 is 11.5 Å². The third-order valence-corrected chi connectivity index (χ3v) is 4.76. The molecule has 2 N–H and O–H groups in total. The number of benzene rings is 1. The van der Waals surface area contributed by atoms with Gasteiger partial charge in [0, 0.05) is 16.0 Å². The summed E-state index contributed by atoms with van der Waals surface area (Å²) < 4.78 is 0. The van der Waals surface area contributed by atoms with Crippen LogP contribution in [0, 0.1) is 5.92 Å². The molecule has 22 heavy (non-hydrogen) atoms. The first-order chi connectivity index (χ1) is 10.3. The number of carbonyl (C=O) groups is 2. The van der Waals surface area contributed by atoms with Gasteiger partial charge in [0.1, 0.15) is 0 Å². The minimum atomic E-state index is -0.881. The second-order valence-electron chi connectivity index (χ2n) is 6.03. The van der Waals surface area contributed by atoms with Gasteiger partial charge in [0.2, 0.25) is 5.91 Å². The van der Waals surface area contributed by atoms with Crippen molar-refractivity contribution < 1.29 is 14.7 Å². The number of nitrogens with one attached hydrogen (secondary N) is 1. The molecule has 1 aliphatic carbocycles. The Kier molecular flexibility index (Phi) is 5.35. The molecule has 0 aromatic heterocycles. The zero-order valence-electron chi connectivity index (χ0n) is 12.4. The number of hydrogen-bond donors (Lipinski definition) is 2. The predicted molar refractivity (Wildman–Crippen MR) is 86.3 cm³/mol. The van der Waals surface area contributed by atoms with E-state index in [1.54, 1.807) is 12.1 Å². The van der Waals surface area contributed by atoms with E-state index in [-0.39, 0.29) is 18.2 Å². The molecule has 1 amide bonds. The largest absolute Gasteiger partial charge is 0.481 e. The fraction of sp³-hybridized carbons (Fsp3) is 0.500. The summed E-state index contributed by atoms with van der Waals surface area (Å²) in [5, 5.41) is 13.0. The molecule has 1 unspecified atom stereocenters. The fourth-order valence-electron chi connectivity index (χ4n) is 2.73. The van der Waals surface area contributed by atoms with Crippen molar-refractivity contribution in [3.8, 4) is 0 Å². The molecule has 0 saturated heterocycles. The number of rotatable bonds is 6. The number of halogens is 2. The molecule has 0 spiro atoms. The number of carbonyl (C=O) groups excluding carboxylic acids is 1. The quantitative estimate of drug-likeness (QED) is 0.827. The van der Waals surface area contributed by atoms with E-state index >= 15 is 0 Å². The van der Waals surface area contributed by atoms with Crippen molar-refractivity contribution >= 4 is 35.1 Å².